The Bertz CT molecular complexity index is 293. The van der Waals surface area contributed by atoms with Crippen LogP contribution in [0.4, 0.5) is 0 Å². The zero-order valence-corrected chi connectivity index (χ0v) is 11.5. The molecule has 1 aliphatic carbocycles. The molecule has 4 nitrogen and oxygen atoms in total. The van der Waals surface area contributed by atoms with Crippen molar-refractivity contribution >= 4 is 5.97 Å². The molecule has 4 heteroatoms. The molecule has 0 aromatic rings. The first-order valence-electron chi connectivity index (χ1n) is 7.03. The summed E-state index contributed by atoms with van der Waals surface area (Å²) in [7, 11) is 0. The molecule has 0 radical (unpaired) electrons. The van der Waals surface area contributed by atoms with Crippen LogP contribution in [0, 0.1) is 5.41 Å². The highest BCUT2D eigenvalue weighted by Crippen LogP contribution is 2.37. The van der Waals surface area contributed by atoms with Gasteiger partial charge in [-0.25, -0.2) is 0 Å². The number of carboxylic acids is 1. The van der Waals surface area contributed by atoms with Gasteiger partial charge in [0.05, 0.1) is 19.6 Å². The molecule has 0 spiro atoms. The van der Waals surface area contributed by atoms with Crippen LogP contribution in [-0.2, 0) is 9.53 Å². The number of rotatable bonds is 3. The molecule has 1 saturated heterocycles. The molecule has 1 heterocycles. The van der Waals surface area contributed by atoms with Crippen molar-refractivity contribution in [3.05, 3.63) is 0 Å². The quantitative estimate of drug-likeness (QED) is 0.839. The second-order valence-corrected chi connectivity index (χ2v) is 6.46. The largest absolute Gasteiger partial charge is 0.481 e. The second-order valence-electron chi connectivity index (χ2n) is 6.46. The molecule has 18 heavy (non-hydrogen) atoms. The van der Waals surface area contributed by atoms with E-state index in [0.29, 0.717) is 18.1 Å². The lowest BCUT2D eigenvalue weighted by atomic mass is 9.75. The Morgan fingerprint density at radius 2 is 2.06 bits per heavy atom. The molecule has 2 fully saturated rings. The number of morpholine rings is 1. The summed E-state index contributed by atoms with van der Waals surface area (Å²) in [5.41, 5.74) is 0.463. The maximum absolute atomic E-state index is 10.9. The average molecular weight is 255 g/mol. The van der Waals surface area contributed by atoms with Crippen LogP contribution >= 0.6 is 0 Å². The Hall–Kier alpha value is -0.610. The van der Waals surface area contributed by atoms with E-state index in [4.69, 9.17) is 9.84 Å². The van der Waals surface area contributed by atoms with Crippen LogP contribution in [0.15, 0.2) is 0 Å². The molecule has 1 atom stereocenters. The van der Waals surface area contributed by atoms with E-state index in [-0.39, 0.29) is 12.5 Å². The molecule has 2 aliphatic rings. The maximum Gasteiger partial charge on any atom is 0.305 e. The number of nitrogens with zero attached hydrogens (tertiary/aromatic N) is 1. The van der Waals surface area contributed by atoms with Crippen molar-refractivity contribution in [1.29, 1.82) is 0 Å². The van der Waals surface area contributed by atoms with Crippen LogP contribution in [0.1, 0.15) is 46.0 Å². The molecule has 1 unspecified atom stereocenters. The Kier molecular flexibility index (Phi) is 4.28. The molecular weight excluding hydrogens is 230 g/mol. The van der Waals surface area contributed by atoms with Crippen molar-refractivity contribution in [2.45, 2.75) is 58.0 Å². The highest BCUT2D eigenvalue weighted by molar-refractivity contribution is 5.67. The van der Waals surface area contributed by atoms with Gasteiger partial charge in [0.25, 0.3) is 0 Å². The molecule has 104 valence electrons. The molecule has 2 rings (SSSR count). The molecule has 0 aromatic heterocycles. The molecule has 0 aromatic carbocycles. The van der Waals surface area contributed by atoms with Gasteiger partial charge in [0.1, 0.15) is 0 Å². The Morgan fingerprint density at radius 3 is 2.67 bits per heavy atom. The predicted octanol–water partition coefficient (Wildman–Crippen LogP) is 2.13. The summed E-state index contributed by atoms with van der Waals surface area (Å²) in [6.07, 6.45) is 5.09. The number of aliphatic carboxylic acids is 1. The zero-order valence-electron chi connectivity index (χ0n) is 11.5. The third kappa shape index (κ3) is 3.45. The molecule has 1 saturated carbocycles. The van der Waals surface area contributed by atoms with E-state index in [1.807, 2.05) is 0 Å². The summed E-state index contributed by atoms with van der Waals surface area (Å²) in [5.74, 6) is -0.716. The van der Waals surface area contributed by atoms with Crippen molar-refractivity contribution in [3.63, 3.8) is 0 Å². The minimum atomic E-state index is -0.716. The van der Waals surface area contributed by atoms with Crippen LogP contribution in [0.25, 0.3) is 0 Å². The molecule has 1 aliphatic heterocycles. The first-order chi connectivity index (χ1) is 8.48. The van der Waals surface area contributed by atoms with Gasteiger partial charge in [0.15, 0.2) is 0 Å². The van der Waals surface area contributed by atoms with Crippen molar-refractivity contribution in [2.75, 3.05) is 19.8 Å². The van der Waals surface area contributed by atoms with Crippen molar-refractivity contribution in [3.8, 4) is 0 Å². The highest BCUT2D eigenvalue weighted by atomic mass is 16.5. The summed E-state index contributed by atoms with van der Waals surface area (Å²) in [4.78, 5) is 13.3. The first kappa shape index (κ1) is 13.8. The number of carbonyl (C=O) groups is 1. The topological polar surface area (TPSA) is 49.8 Å². The standard InChI is InChI=1S/C14H25NO3/c1-14(2)5-3-11(4-6-14)15-7-8-18-10-12(15)9-13(16)17/h11-12H,3-10H2,1-2H3,(H,16,17). The first-order valence-corrected chi connectivity index (χ1v) is 7.03. The van der Waals surface area contributed by atoms with Crippen LogP contribution < -0.4 is 0 Å². The number of carboxylic acid groups (broad SMARTS) is 1. The monoisotopic (exact) mass is 255 g/mol. The molecule has 0 bridgehead atoms. The SMILES string of the molecule is CC1(C)CCC(N2CCOCC2CC(=O)O)CC1. The molecular formula is C14H25NO3. The van der Waals surface area contributed by atoms with Crippen molar-refractivity contribution in [2.24, 2.45) is 5.41 Å². The fourth-order valence-corrected chi connectivity index (χ4v) is 3.24. The average Bonchev–Trinajstić information content (AvgIpc) is 2.29. The summed E-state index contributed by atoms with van der Waals surface area (Å²) in [6, 6.07) is 0.633. The van der Waals surface area contributed by atoms with Gasteiger partial charge in [-0.05, 0) is 31.1 Å². The third-order valence-electron chi connectivity index (χ3n) is 4.46. The van der Waals surface area contributed by atoms with E-state index in [1.165, 1.54) is 25.7 Å². The second kappa shape index (κ2) is 5.57. The minimum absolute atomic E-state index is 0.0717. The number of ether oxygens (including phenoxy) is 1. The van der Waals surface area contributed by atoms with E-state index in [2.05, 4.69) is 18.7 Å². The van der Waals surface area contributed by atoms with Gasteiger partial charge in [-0.1, -0.05) is 13.8 Å². The lowest BCUT2D eigenvalue weighted by Crippen LogP contribution is -2.52. The van der Waals surface area contributed by atoms with E-state index < -0.39 is 5.97 Å². The van der Waals surface area contributed by atoms with E-state index in [0.717, 1.165) is 13.2 Å². The number of hydrogen-bond donors (Lipinski definition) is 1. The molecule has 1 N–H and O–H groups in total. The fourth-order valence-electron chi connectivity index (χ4n) is 3.24. The Labute approximate surface area is 109 Å². The lowest BCUT2D eigenvalue weighted by Gasteiger charge is -2.45. The summed E-state index contributed by atoms with van der Waals surface area (Å²) in [5, 5.41) is 8.98. The molecule has 0 amide bonds. The van der Waals surface area contributed by atoms with Gasteiger partial charge >= 0.3 is 5.97 Å². The maximum atomic E-state index is 10.9. The zero-order chi connectivity index (χ0) is 13.2. The smallest absolute Gasteiger partial charge is 0.305 e. The summed E-state index contributed by atoms with van der Waals surface area (Å²) in [6.45, 7) is 6.87. The van der Waals surface area contributed by atoms with Gasteiger partial charge in [0, 0.05) is 18.6 Å². The van der Waals surface area contributed by atoms with Crippen LogP contribution in [0.5, 0.6) is 0 Å². The third-order valence-corrected chi connectivity index (χ3v) is 4.46. The van der Waals surface area contributed by atoms with Gasteiger partial charge in [0.2, 0.25) is 0 Å². The Morgan fingerprint density at radius 1 is 1.39 bits per heavy atom. The minimum Gasteiger partial charge on any atom is -0.481 e. The van der Waals surface area contributed by atoms with Gasteiger partial charge in [-0.2, -0.15) is 0 Å². The summed E-state index contributed by atoms with van der Waals surface area (Å²) >= 11 is 0. The van der Waals surface area contributed by atoms with Crippen LogP contribution in [0.3, 0.4) is 0 Å². The fraction of sp³-hybridized carbons (Fsp3) is 0.929. The van der Waals surface area contributed by atoms with Gasteiger partial charge < -0.3 is 9.84 Å². The Balaban J connectivity index is 1.94. The van der Waals surface area contributed by atoms with Crippen LogP contribution in [0.2, 0.25) is 0 Å². The van der Waals surface area contributed by atoms with Gasteiger partial charge in [-0.3, -0.25) is 9.69 Å². The van der Waals surface area contributed by atoms with Crippen molar-refractivity contribution in [1.82, 2.24) is 4.90 Å². The lowest BCUT2D eigenvalue weighted by molar-refractivity contribution is -0.141. The predicted molar refractivity (Wildman–Crippen MR) is 69.6 cm³/mol. The van der Waals surface area contributed by atoms with E-state index >= 15 is 0 Å². The normalized spacial score (nSPS) is 30.2. The highest BCUT2D eigenvalue weighted by Gasteiger charge is 2.35. The summed E-state index contributed by atoms with van der Waals surface area (Å²) < 4.78 is 5.44. The van der Waals surface area contributed by atoms with Crippen LogP contribution in [-0.4, -0.2) is 47.8 Å². The van der Waals surface area contributed by atoms with Gasteiger partial charge in [-0.15, -0.1) is 0 Å². The van der Waals surface area contributed by atoms with E-state index in [1.54, 1.807) is 0 Å². The van der Waals surface area contributed by atoms with E-state index in [9.17, 15) is 4.79 Å². The number of hydrogen-bond acceptors (Lipinski definition) is 3. The van der Waals surface area contributed by atoms with Crippen molar-refractivity contribution < 1.29 is 14.6 Å².